The lowest BCUT2D eigenvalue weighted by Crippen LogP contribution is -2.39. The van der Waals surface area contributed by atoms with Crippen LogP contribution in [0.2, 0.25) is 0 Å². The zero-order valence-corrected chi connectivity index (χ0v) is 21.3. The number of piperidine rings is 2. The maximum atomic E-state index is 13.2. The first-order valence-corrected chi connectivity index (χ1v) is 13.6. The van der Waals surface area contributed by atoms with Gasteiger partial charge in [-0.25, -0.2) is 0 Å². The van der Waals surface area contributed by atoms with Crippen molar-refractivity contribution in [2.24, 2.45) is 11.3 Å². The molecule has 1 unspecified atom stereocenters. The number of nitrogens with zero attached hydrogens (tertiary/aromatic N) is 2. The van der Waals surface area contributed by atoms with Crippen molar-refractivity contribution >= 4 is 17.3 Å². The van der Waals surface area contributed by atoms with Crippen LogP contribution in [0.15, 0.2) is 54.6 Å². The quantitative estimate of drug-likeness (QED) is 0.536. The molecule has 0 radical (unpaired) electrons. The van der Waals surface area contributed by atoms with Gasteiger partial charge in [-0.05, 0) is 87.6 Å². The summed E-state index contributed by atoms with van der Waals surface area (Å²) in [6.45, 7) is 9.55. The van der Waals surface area contributed by atoms with Crippen molar-refractivity contribution in [2.75, 3.05) is 36.4 Å². The van der Waals surface area contributed by atoms with Gasteiger partial charge in [-0.1, -0.05) is 56.3 Å². The van der Waals surface area contributed by atoms with E-state index in [4.69, 9.17) is 0 Å². The second kappa shape index (κ2) is 11.9. The molecule has 1 atom stereocenters. The molecule has 2 saturated heterocycles. The van der Waals surface area contributed by atoms with E-state index in [1.54, 1.807) is 0 Å². The Morgan fingerprint density at radius 1 is 0.882 bits per heavy atom. The monoisotopic (exact) mass is 461 g/mol. The molecule has 1 N–H and O–H groups in total. The van der Waals surface area contributed by atoms with Gasteiger partial charge in [-0.2, -0.15) is 0 Å². The van der Waals surface area contributed by atoms with Gasteiger partial charge in [0.25, 0.3) is 0 Å². The molecule has 2 aromatic carbocycles. The molecule has 184 valence electrons. The average Bonchev–Trinajstić information content (AvgIpc) is 3.32. The van der Waals surface area contributed by atoms with Gasteiger partial charge in [0.05, 0.1) is 11.4 Å². The van der Waals surface area contributed by atoms with E-state index in [2.05, 4.69) is 63.6 Å². The highest BCUT2D eigenvalue weighted by molar-refractivity contribution is 5.96. The van der Waals surface area contributed by atoms with E-state index in [1.165, 1.54) is 49.8 Å². The smallest absolute Gasteiger partial charge is 0.227 e. The summed E-state index contributed by atoms with van der Waals surface area (Å²) in [5.74, 6) is 0.392. The lowest BCUT2D eigenvalue weighted by atomic mass is 9.76. The Kier molecular flexibility index (Phi) is 8.66. The van der Waals surface area contributed by atoms with Crippen molar-refractivity contribution < 1.29 is 4.79 Å². The molecule has 3 fully saturated rings. The Morgan fingerprint density at radius 3 is 2.29 bits per heavy atom. The first-order valence-electron chi connectivity index (χ1n) is 13.6. The molecule has 5 rings (SSSR count). The number of hydrogen-bond donors (Lipinski definition) is 1. The number of carbonyl (C=O) groups excluding carboxylic acids is 1. The molecule has 2 aliphatic heterocycles. The van der Waals surface area contributed by atoms with Gasteiger partial charge in [-0.3, -0.25) is 9.69 Å². The Labute approximate surface area is 206 Å². The number of amides is 1. The highest BCUT2D eigenvalue weighted by Gasteiger charge is 2.43. The summed E-state index contributed by atoms with van der Waals surface area (Å²) in [5, 5.41) is 3.32. The fourth-order valence-corrected chi connectivity index (χ4v) is 6.14. The second-order valence-electron chi connectivity index (χ2n) is 10.3. The van der Waals surface area contributed by atoms with Gasteiger partial charge in [0, 0.05) is 25.6 Å². The molecular formula is C30H43N3O. The molecule has 1 saturated carbocycles. The third-order valence-corrected chi connectivity index (χ3v) is 8.10. The standard InChI is InChI=1S/C28H37N3O.C2H6/c32-27(29-25-11-5-6-12-26(25)31-17-7-2-8-18-31)24-13-14-28(21-24)15-19-30(20-16-28)22-23-9-3-1-4-10-23;1-2/h1,3-6,9-12,24H,2,7-8,13-22H2,(H,29,32);1-2H3. The number of hydrogen-bond acceptors (Lipinski definition) is 3. The molecule has 3 aliphatic rings. The number of para-hydroxylation sites is 2. The average molecular weight is 462 g/mol. The molecule has 2 heterocycles. The minimum absolute atomic E-state index is 0.157. The summed E-state index contributed by atoms with van der Waals surface area (Å²) in [5.41, 5.74) is 3.97. The van der Waals surface area contributed by atoms with E-state index in [-0.39, 0.29) is 11.8 Å². The van der Waals surface area contributed by atoms with Crippen LogP contribution in [0.5, 0.6) is 0 Å². The van der Waals surface area contributed by atoms with Crippen LogP contribution in [0, 0.1) is 11.3 Å². The molecule has 1 aliphatic carbocycles. The van der Waals surface area contributed by atoms with E-state index in [0.717, 1.165) is 51.3 Å². The van der Waals surface area contributed by atoms with E-state index >= 15 is 0 Å². The molecule has 4 heteroatoms. The third kappa shape index (κ3) is 6.02. The maximum Gasteiger partial charge on any atom is 0.227 e. The summed E-state index contributed by atoms with van der Waals surface area (Å²) in [6, 6.07) is 19.2. The predicted molar refractivity (Wildman–Crippen MR) is 143 cm³/mol. The molecule has 1 spiro atoms. The Balaban J connectivity index is 0.00000133. The van der Waals surface area contributed by atoms with Crippen molar-refractivity contribution in [1.82, 2.24) is 4.90 Å². The van der Waals surface area contributed by atoms with Crippen molar-refractivity contribution in [3.8, 4) is 0 Å². The number of benzene rings is 2. The van der Waals surface area contributed by atoms with E-state index in [9.17, 15) is 4.79 Å². The minimum atomic E-state index is 0.157. The lowest BCUT2D eigenvalue weighted by molar-refractivity contribution is -0.120. The third-order valence-electron chi connectivity index (χ3n) is 8.10. The van der Waals surface area contributed by atoms with Gasteiger partial charge in [0.1, 0.15) is 0 Å². The van der Waals surface area contributed by atoms with Crippen molar-refractivity contribution in [2.45, 2.75) is 71.8 Å². The van der Waals surface area contributed by atoms with Gasteiger partial charge >= 0.3 is 0 Å². The van der Waals surface area contributed by atoms with Crippen LogP contribution in [0.1, 0.15) is 70.8 Å². The zero-order valence-electron chi connectivity index (χ0n) is 21.3. The summed E-state index contributed by atoms with van der Waals surface area (Å²) in [6.07, 6.45) is 9.57. The summed E-state index contributed by atoms with van der Waals surface area (Å²) in [4.78, 5) is 18.3. The second-order valence-corrected chi connectivity index (χ2v) is 10.3. The van der Waals surface area contributed by atoms with Crippen LogP contribution in [-0.4, -0.2) is 37.0 Å². The van der Waals surface area contributed by atoms with Gasteiger partial charge in [-0.15, -0.1) is 0 Å². The largest absolute Gasteiger partial charge is 0.370 e. The highest BCUT2D eigenvalue weighted by Crippen LogP contribution is 2.49. The van der Waals surface area contributed by atoms with Crippen LogP contribution < -0.4 is 10.2 Å². The molecule has 0 aromatic heterocycles. The van der Waals surface area contributed by atoms with Crippen LogP contribution in [0.25, 0.3) is 0 Å². The first kappa shape index (κ1) is 24.8. The summed E-state index contributed by atoms with van der Waals surface area (Å²) < 4.78 is 0. The van der Waals surface area contributed by atoms with Gasteiger partial charge in [0.15, 0.2) is 0 Å². The normalized spacial score (nSPS) is 22.2. The van der Waals surface area contributed by atoms with Gasteiger partial charge < -0.3 is 10.2 Å². The number of nitrogens with one attached hydrogen (secondary N) is 1. The molecule has 4 nitrogen and oxygen atoms in total. The zero-order chi connectivity index (χ0) is 23.8. The van der Waals surface area contributed by atoms with Crippen LogP contribution in [0.4, 0.5) is 11.4 Å². The van der Waals surface area contributed by atoms with Crippen LogP contribution >= 0.6 is 0 Å². The Bertz CT molecular complexity index is 898. The maximum absolute atomic E-state index is 13.2. The lowest BCUT2D eigenvalue weighted by Gasteiger charge is -2.39. The van der Waals surface area contributed by atoms with Crippen LogP contribution in [0.3, 0.4) is 0 Å². The van der Waals surface area contributed by atoms with Crippen molar-refractivity contribution in [1.29, 1.82) is 0 Å². The fourth-order valence-electron chi connectivity index (χ4n) is 6.14. The van der Waals surface area contributed by atoms with Crippen LogP contribution in [-0.2, 0) is 11.3 Å². The van der Waals surface area contributed by atoms with Gasteiger partial charge in [0.2, 0.25) is 5.91 Å². The topological polar surface area (TPSA) is 35.6 Å². The summed E-state index contributed by atoms with van der Waals surface area (Å²) >= 11 is 0. The Hall–Kier alpha value is -2.33. The van der Waals surface area contributed by atoms with Crippen molar-refractivity contribution in [3.05, 3.63) is 60.2 Å². The predicted octanol–water partition coefficient (Wildman–Crippen LogP) is 6.72. The van der Waals surface area contributed by atoms with E-state index in [0.29, 0.717) is 5.41 Å². The molecular weight excluding hydrogens is 418 g/mol. The summed E-state index contributed by atoms with van der Waals surface area (Å²) in [7, 11) is 0. The van der Waals surface area contributed by atoms with E-state index < -0.39 is 0 Å². The highest BCUT2D eigenvalue weighted by atomic mass is 16.1. The number of carbonyl (C=O) groups is 1. The molecule has 0 bridgehead atoms. The number of likely N-dealkylation sites (tertiary alicyclic amines) is 1. The fraction of sp³-hybridized carbons (Fsp3) is 0.567. The number of anilines is 2. The number of rotatable bonds is 5. The van der Waals surface area contributed by atoms with E-state index in [1.807, 2.05) is 19.9 Å². The Morgan fingerprint density at radius 2 is 1.56 bits per heavy atom. The minimum Gasteiger partial charge on any atom is -0.370 e. The molecule has 1 amide bonds. The molecule has 2 aromatic rings. The molecule has 34 heavy (non-hydrogen) atoms. The SMILES string of the molecule is CC.O=C(Nc1ccccc1N1CCCCC1)C1CCC2(CCN(Cc3ccccc3)CC2)C1. The first-order chi connectivity index (χ1) is 16.7. The van der Waals surface area contributed by atoms with Crippen molar-refractivity contribution in [3.63, 3.8) is 0 Å².